The third-order valence-corrected chi connectivity index (χ3v) is 6.50. The highest BCUT2D eigenvalue weighted by Crippen LogP contribution is 2.47. The molecule has 34 heavy (non-hydrogen) atoms. The van der Waals surface area contributed by atoms with Crippen LogP contribution < -0.4 is 29.0 Å². The van der Waals surface area contributed by atoms with Crippen molar-refractivity contribution in [2.75, 3.05) is 35.5 Å². The molecular formula is C26H29NO7. The monoisotopic (exact) mass is 467 g/mol. The summed E-state index contributed by atoms with van der Waals surface area (Å²) in [5.41, 5.74) is 2.93. The van der Waals surface area contributed by atoms with Gasteiger partial charge < -0.3 is 29.0 Å². The first kappa shape index (κ1) is 23.5. The molecule has 1 N–H and O–H groups in total. The van der Waals surface area contributed by atoms with E-state index >= 15 is 0 Å². The maximum Gasteiger partial charge on any atom is 0.225 e. The smallest absolute Gasteiger partial charge is 0.225 e. The van der Waals surface area contributed by atoms with Crippen LogP contribution in [0.2, 0.25) is 0 Å². The Bertz CT molecular complexity index is 1130. The summed E-state index contributed by atoms with van der Waals surface area (Å²) in [7, 11) is 7.81. The van der Waals surface area contributed by atoms with E-state index in [2.05, 4.69) is 5.32 Å². The molecule has 0 aromatic heterocycles. The van der Waals surface area contributed by atoms with E-state index in [1.807, 2.05) is 18.2 Å². The summed E-state index contributed by atoms with van der Waals surface area (Å²) in [6.45, 7) is 0. The van der Waals surface area contributed by atoms with E-state index in [1.54, 1.807) is 26.4 Å². The molecule has 0 saturated heterocycles. The number of allylic oxidation sites excluding steroid dienone is 2. The minimum absolute atomic E-state index is 0.00475. The van der Waals surface area contributed by atoms with E-state index in [1.165, 1.54) is 21.3 Å². The molecular weight excluding hydrogens is 438 g/mol. The van der Waals surface area contributed by atoms with Crippen LogP contribution in [0.1, 0.15) is 42.2 Å². The number of nitrogens with one attached hydrogen (secondary N) is 1. The number of Topliss-reactive ketones (excluding diaryl/α,β-unsaturated/α-hetero) is 1. The highest BCUT2D eigenvalue weighted by molar-refractivity contribution is 6.02. The molecule has 1 heterocycles. The van der Waals surface area contributed by atoms with Crippen LogP contribution in [0.25, 0.3) is 0 Å². The number of carbonyl (C=O) groups excluding carboxylic acids is 2. The van der Waals surface area contributed by atoms with Crippen molar-refractivity contribution in [3.63, 3.8) is 0 Å². The van der Waals surface area contributed by atoms with Crippen LogP contribution in [-0.2, 0) is 9.59 Å². The average molecular weight is 468 g/mol. The van der Waals surface area contributed by atoms with Crippen molar-refractivity contribution >= 4 is 11.7 Å². The average Bonchev–Trinajstić information content (AvgIpc) is 2.86. The first-order chi connectivity index (χ1) is 16.4. The maximum absolute atomic E-state index is 13.5. The summed E-state index contributed by atoms with van der Waals surface area (Å²) in [4.78, 5) is 26.2. The molecule has 1 amide bonds. The SMILES string of the molecule is COc1ccc(OC)c(C2CC(=O)C3=C(C2)NC(=O)CC3c2cc(OC)c(OC)c(OC)c2)c1. The van der Waals surface area contributed by atoms with Gasteiger partial charge in [0, 0.05) is 41.5 Å². The van der Waals surface area contributed by atoms with Crippen molar-refractivity contribution in [2.24, 2.45) is 0 Å². The Labute approximate surface area is 198 Å². The lowest BCUT2D eigenvalue weighted by Gasteiger charge is -2.35. The summed E-state index contributed by atoms with van der Waals surface area (Å²) in [6, 6.07) is 9.16. The molecule has 0 bridgehead atoms. The van der Waals surface area contributed by atoms with E-state index in [0.717, 1.165) is 11.1 Å². The second-order valence-electron chi connectivity index (χ2n) is 8.29. The van der Waals surface area contributed by atoms with Gasteiger partial charge in [0.15, 0.2) is 17.3 Å². The van der Waals surface area contributed by atoms with Gasteiger partial charge in [-0.2, -0.15) is 0 Å². The van der Waals surface area contributed by atoms with Crippen molar-refractivity contribution in [1.29, 1.82) is 0 Å². The third kappa shape index (κ3) is 4.16. The van der Waals surface area contributed by atoms with E-state index in [9.17, 15) is 9.59 Å². The lowest BCUT2D eigenvalue weighted by Crippen LogP contribution is -2.38. The first-order valence-corrected chi connectivity index (χ1v) is 11.0. The summed E-state index contributed by atoms with van der Waals surface area (Å²) >= 11 is 0. The molecule has 0 fully saturated rings. The Kier molecular flexibility index (Phi) is 6.68. The van der Waals surface area contributed by atoms with Crippen molar-refractivity contribution in [3.05, 3.63) is 52.7 Å². The van der Waals surface area contributed by atoms with Crippen LogP contribution in [-0.4, -0.2) is 47.2 Å². The summed E-state index contributed by atoms with van der Waals surface area (Å²) in [6.07, 6.45) is 0.979. The van der Waals surface area contributed by atoms with Crippen LogP contribution in [0, 0.1) is 0 Å². The van der Waals surface area contributed by atoms with E-state index in [4.69, 9.17) is 23.7 Å². The minimum atomic E-state index is -0.405. The Morgan fingerprint density at radius 1 is 0.765 bits per heavy atom. The standard InChI is InChI=1S/C26H29NO7/c1-30-16-6-7-21(31-2)17(12-16)14-8-19-25(20(28)9-14)18(13-24(29)27-19)15-10-22(32-3)26(34-5)23(11-15)33-4/h6-7,10-12,14,18H,8-9,13H2,1-5H3,(H,27,29). The third-order valence-electron chi connectivity index (χ3n) is 6.50. The summed E-state index contributed by atoms with van der Waals surface area (Å²) in [5.74, 6) is 2.10. The van der Waals surface area contributed by atoms with Gasteiger partial charge in [0.1, 0.15) is 11.5 Å². The lowest BCUT2D eigenvalue weighted by atomic mass is 9.73. The van der Waals surface area contributed by atoms with Gasteiger partial charge in [-0.05, 0) is 42.3 Å². The Morgan fingerprint density at radius 2 is 1.44 bits per heavy atom. The van der Waals surface area contributed by atoms with Gasteiger partial charge in [-0.1, -0.05) is 0 Å². The topological polar surface area (TPSA) is 92.3 Å². The van der Waals surface area contributed by atoms with Gasteiger partial charge in [-0.3, -0.25) is 9.59 Å². The number of hydrogen-bond acceptors (Lipinski definition) is 7. The summed E-state index contributed by atoms with van der Waals surface area (Å²) < 4.78 is 27.3. The second kappa shape index (κ2) is 9.67. The molecule has 0 radical (unpaired) electrons. The van der Waals surface area contributed by atoms with Gasteiger partial charge in [-0.15, -0.1) is 0 Å². The minimum Gasteiger partial charge on any atom is -0.497 e. The highest BCUT2D eigenvalue weighted by Gasteiger charge is 2.39. The zero-order chi connectivity index (χ0) is 24.4. The largest absolute Gasteiger partial charge is 0.497 e. The van der Waals surface area contributed by atoms with Crippen molar-refractivity contribution in [2.45, 2.75) is 31.1 Å². The quantitative estimate of drug-likeness (QED) is 0.663. The fraction of sp³-hybridized carbons (Fsp3) is 0.385. The van der Waals surface area contributed by atoms with Crippen molar-refractivity contribution < 1.29 is 33.3 Å². The molecule has 2 aliphatic rings. The Balaban J connectivity index is 1.77. The van der Waals surface area contributed by atoms with Gasteiger partial charge in [0.05, 0.1) is 35.5 Å². The number of ketones is 1. The number of methoxy groups -OCH3 is 5. The zero-order valence-corrected chi connectivity index (χ0v) is 20.0. The Hall–Kier alpha value is -3.68. The molecule has 8 heteroatoms. The fourth-order valence-corrected chi connectivity index (χ4v) is 4.93. The molecule has 0 saturated carbocycles. The molecule has 4 rings (SSSR count). The predicted molar refractivity (Wildman–Crippen MR) is 125 cm³/mol. The van der Waals surface area contributed by atoms with Crippen LogP contribution in [0.4, 0.5) is 0 Å². The first-order valence-electron chi connectivity index (χ1n) is 11.0. The zero-order valence-electron chi connectivity index (χ0n) is 20.0. The Morgan fingerprint density at radius 3 is 2.03 bits per heavy atom. The van der Waals surface area contributed by atoms with Crippen LogP contribution in [0.5, 0.6) is 28.7 Å². The van der Waals surface area contributed by atoms with E-state index < -0.39 is 5.92 Å². The predicted octanol–water partition coefficient (Wildman–Crippen LogP) is 3.73. The molecule has 2 aromatic rings. The van der Waals surface area contributed by atoms with Gasteiger partial charge in [0.25, 0.3) is 0 Å². The van der Waals surface area contributed by atoms with Crippen LogP contribution in [0.3, 0.4) is 0 Å². The molecule has 1 aliphatic heterocycles. The molecule has 0 spiro atoms. The van der Waals surface area contributed by atoms with Crippen molar-refractivity contribution in [1.82, 2.24) is 5.32 Å². The fourth-order valence-electron chi connectivity index (χ4n) is 4.93. The molecule has 180 valence electrons. The molecule has 1 aliphatic carbocycles. The highest BCUT2D eigenvalue weighted by atomic mass is 16.5. The number of ether oxygens (including phenoxy) is 5. The number of hydrogen-bond donors (Lipinski definition) is 1. The van der Waals surface area contributed by atoms with E-state index in [0.29, 0.717) is 52.9 Å². The lowest BCUT2D eigenvalue weighted by molar-refractivity contribution is -0.122. The number of amides is 1. The van der Waals surface area contributed by atoms with Gasteiger partial charge >= 0.3 is 0 Å². The van der Waals surface area contributed by atoms with Gasteiger partial charge in [-0.25, -0.2) is 0 Å². The molecule has 2 aromatic carbocycles. The molecule has 2 atom stereocenters. The summed E-state index contributed by atoms with van der Waals surface area (Å²) in [5, 5.41) is 2.95. The second-order valence-corrected chi connectivity index (χ2v) is 8.29. The number of carbonyl (C=O) groups is 2. The van der Waals surface area contributed by atoms with Crippen LogP contribution in [0.15, 0.2) is 41.6 Å². The normalized spacial score (nSPS) is 19.8. The van der Waals surface area contributed by atoms with Crippen LogP contribution >= 0.6 is 0 Å². The van der Waals surface area contributed by atoms with E-state index in [-0.39, 0.29) is 24.0 Å². The number of benzene rings is 2. The molecule has 8 nitrogen and oxygen atoms in total. The molecule has 2 unspecified atom stereocenters. The van der Waals surface area contributed by atoms with Gasteiger partial charge in [0.2, 0.25) is 11.7 Å². The maximum atomic E-state index is 13.5. The number of rotatable bonds is 7. The van der Waals surface area contributed by atoms with Crippen molar-refractivity contribution in [3.8, 4) is 28.7 Å².